The van der Waals surface area contributed by atoms with Gasteiger partial charge in [0.25, 0.3) is 0 Å². The molecule has 144 valence electrons. The standard InChI is InChI=1S/C23H36N2O/c1-6-17(3)20-15-22(24-16-25(5)7-2)18(4)13-21(20)23(26)14-19-11-9-8-10-12-19/h13,15-17,19H,6-12,14H2,1-5H3. The zero-order chi connectivity index (χ0) is 19.1. The van der Waals surface area contributed by atoms with Crippen LogP contribution in [-0.4, -0.2) is 30.6 Å². The van der Waals surface area contributed by atoms with Crippen LogP contribution in [0.5, 0.6) is 0 Å². The minimum atomic E-state index is 0.330. The highest BCUT2D eigenvalue weighted by atomic mass is 16.1. The SMILES string of the molecule is CCC(C)c1cc(N=CN(C)CC)c(C)cc1C(=O)CC1CCCCC1. The van der Waals surface area contributed by atoms with Crippen molar-refractivity contribution in [1.82, 2.24) is 4.90 Å². The van der Waals surface area contributed by atoms with Crippen LogP contribution in [0.1, 0.15) is 93.1 Å². The molecule has 3 heteroatoms. The van der Waals surface area contributed by atoms with E-state index in [4.69, 9.17) is 0 Å². The Bertz CT molecular complexity index is 629. The Kier molecular flexibility index (Phi) is 7.86. The Morgan fingerprint density at radius 1 is 1.27 bits per heavy atom. The Morgan fingerprint density at radius 2 is 1.96 bits per heavy atom. The summed E-state index contributed by atoms with van der Waals surface area (Å²) in [5.41, 5.74) is 4.18. The molecule has 0 aromatic heterocycles. The Hall–Kier alpha value is -1.64. The van der Waals surface area contributed by atoms with Gasteiger partial charge in [0.15, 0.2) is 5.78 Å². The van der Waals surface area contributed by atoms with E-state index in [1.165, 1.54) is 37.7 Å². The molecule has 1 aromatic rings. The fraction of sp³-hybridized carbons (Fsp3) is 0.652. The largest absolute Gasteiger partial charge is 0.366 e. The number of Topliss-reactive ketones (excluding diaryl/α,β-unsaturated/α-hetero) is 1. The molecule has 0 heterocycles. The van der Waals surface area contributed by atoms with Gasteiger partial charge in [-0.2, -0.15) is 0 Å². The molecule has 1 aliphatic rings. The molecule has 0 N–H and O–H groups in total. The lowest BCUT2D eigenvalue weighted by atomic mass is 9.82. The van der Waals surface area contributed by atoms with Crippen molar-refractivity contribution in [3.05, 3.63) is 28.8 Å². The highest BCUT2D eigenvalue weighted by Gasteiger charge is 2.22. The molecule has 0 amide bonds. The van der Waals surface area contributed by atoms with Gasteiger partial charge in [-0.15, -0.1) is 0 Å². The highest BCUT2D eigenvalue weighted by Crippen LogP contribution is 2.33. The average molecular weight is 357 g/mol. The van der Waals surface area contributed by atoms with Gasteiger partial charge < -0.3 is 4.90 Å². The smallest absolute Gasteiger partial charge is 0.163 e. The minimum Gasteiger partial charge on any atom is -0.366 e. The molecule has 0 bridgehead atoms. The molecule has 0 spiro atoms. The monoisotopic (exact) mass is 356 g/mol. The molecule has 0 saturated heterocycles. The second-order valence-electron chi connectivity index (χ2n) is 7.98. The van der Waals surface area contributed by atoms with Crippen molar-refractivity contribution in [1.29, 1.82) is 0 Å². The number of aliphatic imine (C=N–C) groups is 1. The van der Waals surface area contributed by atoms with Gasteiger partial charge in [0, 0.05) is 25.6 Å². The maximum Gasteiger partial charge on any atom is 0.163 e. The number of carbonyl (C=O) groups is 1. The van der Waals surface area contributed by atoms with Gasteiger partial charge in [0.05, 0.1) is 12.0 Å². The predicted molar refractivity (Wildman–Crippen MR) is 112 cm³/mol. The van der Waals surface area contributed by atoms with E-state index in [0.717, 1.165) is 29.8 Å². The van der Waals surface area contributed by atoms with Gasteiger partial charge in [-0.05, 0) is 55.4 Å². The summed E-state index contributed by atoms with van der Waals surface area (Å²) in [6.07, 6.45) is 9.97. The molecular formula is C23H36N2O. The van der Waals surface area contributed by atoms with Crippen molar-refractivity contribution in [2.24, 2.45) is 10.9 Å². The first-order valence-corrected chi connectivity index (χ1v) is 10.4. The fourth-order valence-corrected chi connectivity index (χ4v) is 3.73. The summed E-state index contributed by atoms with van der Waals surface area (Å²) < 4.78 is 0. The van der Waals surface area contributed by atoms with E-state index in [1.807, 2.05) is 13.4 Å². The third-order valence-electron chi connectivity index (χ3n) is 5.90. The third-order valence-corrected chi connectivity index (χ3v) is 5.90. The molecule has 26 heavy (non-hydrogen) atoms. The summed E-state index contributed by atoms with van der Waals surface area (Å²) >= 11 is 0. The summed E-state index contributed by atoms with van der Waals surface area (Å²) in [6.45, 7) is 9.51. The van der Waals surface area contributed by atoms with Crippen molar-refractivity contribution in [3.8, 4) is 0 Å². The third kappa shape index (κ3) is 5.43. The first kappa shape index (κ1) is 20.7. The van der Waals surface area contributed by atoms with Gasteiger partial charge in [0.2, 0.25) is 0 Å². The summed E-state index contributed by atoms with van der Waals surface area (Å²) in [7, 11) is 2.02. The highest BCUT2D eigenvalue weighted by molar-refractivity contribution is 5.98. The van der Waals surface area contributed by atoms with E-state index >= 15 is 0 Å². The minimum absolute atomic E-state index is 0.330. The molecule has 1 atom stereocenters. The Labute approximate surface area is 159 Å². The number of ketones is 1. The van der Waals surface area contributed by atoms with Crippen molar-refractivity contribution in [3.63, 3.8) is 0 Å². The predicted octanol–water partition coefficient (Wildman–Crippen LogP) is 6.27. The van der Waals surface area contributed by atoms with E-state index in [2.05, 4.69) is 49.7 Å². The summed E-state index contributed by atoms with van der Waals surface area (Å²) in [5.74, 6) is 1.28. The number of benzene rings is 1. The molecule has 1 fully saturated rings. The van der Waals surface area contributed by atoms with Gasteiger partial charge in [-0.3, -0.25) is 4.79 Å². The van der Waals surface area contributed by atoms with Crippen LogP contribution in [-0.2, 0) is 0 Å². The van der Waals surface area contributed by atoms with Crippen LogP contribution in [0.2, 0.25) is 0 Å². The number of rotatable bonds is 8. The maximum absolute atomic E-state index is 13.1. The van der Waals surface area contributed by atoms with E-state index in [9.17, 15) is 4.79 Å². The van der Waals surface area contributed by atoms with Gasteiger partial charge in [-0.1, -0.05) is 46.0 Å². The van der Waals surface area contributed by atoms with Crippen LogP contribution >= 0.6 is 0 Å². The molecular weight excluding hydrogens is 320 g/mol. The normalized spacial score (nSPS) is 16.8. The van der Waals surface area contributed by atoms with E-state index in [-0.39, 0.29) is 0 Å². The van der Waals surface area contributed by atoms with E-state index < -0.39 is 0 Å². The molecule has 0 aliphatic heterocycles. The molecule has 1 saturated carbocycles. The number of nitrogens with zero attached hydrogens (tertiary/aromatic N) is 2. The van der Waals surface area contributed by atoms with Crippen LogP contribution in [0.25, 0.3) is 0 Å². The average Bonchev–Trinajstić information content (AvgIpc) is 2.66. The molecule has 3 nitrogen and oxygen atoms in total. The van der Waals surface area contributed by atoms with Gasteiger partial charge in [-0.25, -0.2) is 4.99 Å². The Morgan fingerprint density at radius 3 is 2.58 bits per heavy atom. The number of aryl methyl sites for hydroxylation is 1. The van der Waals surface area contributed by atoms with Crippen molar-refractivity contribution < 1.29 is 4.79 Å². The topological polar surface area (TPSA) is 32.7 Å². The second kappa shape index (κ2) is 9.89. The van der Waals surface area contributed by atoms with Crippen LogP contribution < -0.4 is 0 Å². The van der Waals surface area contributed by atoms with Crippen LogP contribution in [0.3, 0.4) is 0 Å². The molecule has 0 radical (unpaired) electrons. The van der Waals surface area contributed by atoms with E-state index in [0.29, 0.717) is 24.0 Å². The van der Waals surface area contributed by atoms with Crippen LogP contribution in [0, 0.1) is 12.8 Å². The van der Waals surface area contributed by atoms with Crippen molar-refractivity contribution >= 4 is 17.8 Å². The lowest BCUT2D eigenvalue weighted by molar-refractivity contribution is 0.0949. The number of carbonyl (C=O) groups excluding carboxylic acids is 1. The summed E-state index contributed by atoms with van der Waals surface area (Å²) in [6, 6.07) is 4.24. The lowest BCUT2D eigenvalue weighted by Crippen LogP contribution is -2.15. The maximum atomic E-state index is 13.1. The van der Waals surface area contributed by atoms with Gasteiger partial charge >= 0.3 is 0 Å². The first-order chi connectivity index (χ1) is 12.5. The number of hydrogen-bond donors (Lipinski definition) is 0. The second-order valence-corrected chi connectivity index (χ2v) is 7.98. The molecule has 1 unspecified atom stereocenters. The number of hydrogen-bond acceptors (Lipinski definition) is 2. The van der Waals surface area contributed by atoms with Crippen LogP contribution in [0.15, 0.2) is 17.1 Å². The Balaban J connectivity index is 2.30. The summed E-state index contributed by atoms with van der Waals surface area (Å²) in [5, 5.41) is 0. The molecule has 2 rings (SSSR count). The zero-order valence-electron chi connectivity index (χ0n) is 17.3. The van der Waals surface area contributed by atoms with E-state index in [1.54, 1.807) is 0 Å². The van der Waals surface area contributed by atoms with Gasteiger partial charge in [0.1, 0.15) is 0 Å². The fourth-order valence-electron chi connectivity index (χ4n) is 3.73. The van der Waals surface area contributed by atoms with Crippen LogP contribution in [0.4, 0.5) is 5.69 Å². The first-order valence-electron chi connectivity index (χ1n) is 10.4. The van der Waals surface area contributed by atoms with Crippen molar-refractivity contribution in [2.75, 3.05) is 13.6 Å². The summed E-state index contributed by atoms with van der Waals surface area (Å²) in [4.78, 5) is 19.8. The lowest BCUT2D eigenvalue weighted by Gasteiger charge is -2.22. The quantitative estimate of drug-likeness (QED) is 0.312. The molecule has 1 aliphatic carbocycles. The zero-order valence-corrected chi connectivity index (χ0v) is 17.3. The molecule has 1 aromatic carbocycles. The van der Waals surface area contributed by atoms with Crippen molar-refractivity contribution in [2.45, 2.75) is 78.6 Å².